The van der Waals surface area contributed by atoms with Gasteiger partial charge in [-0.15, -0.1) is 0 Å². The van der Waals surface area contributed by atoms with Crippen LogP contribution in [0.2, 0.25) is 0 Å². The second-order valence-corrected chi connectivity index (χ2v) is 30.7. The lowest BCUT2D eigenvalue weighted by atomic mass is 9.83. The van der Waals surface area contributed by atoms with E-state index >= 15 is 0 Å². The normalized spacial score (nSPS) is 11.5. The van der Waals surface area contributed by atoms with Crippen molar-refractivity contribution < 1.29 is 13.2 Å². The standard InChI is InChI=1S/2C42H28.C33H21F3/c1-2-12-29(13-3-1)30-24-26-32(27-25-30)41-37-19-6-8-21-39(37)42(40-22-9-7-20-38(40)41)34-17-10-16-33(28-34)36-23-11-15-31-14-4-5-18-35(31)36;1-2-14-30(15-3-1)35-19-6-7-20-36(35)42-39-23-10-8-21-37(39)41(38-22-9-11-24-40(38)42)34-18-12-17-32(28-34)33-26-25-29-13-4-5-16-31(29)27-33;34-33(35,36)26-12-8-11-25(21-26)32-29-15-6-4-13-27(29)31(28-14-5-7-16-30(28)32)24-19-17-23(18-20-24)22-9-2-1-3-10-22/h2*1-28H;1-21H. The van der Waals surface area contributed by atoms with Crippen molar-refractivity contribution in [1.29, 1.82) is 0 Å². The van der Waals surface area contributed by atoms with Crippen LogP contribution in [0.4, 0.5) is 13.2 Å². The van der Waals surface area contributed by atoms with Crippen molar-refractivity contribution in [3.05, 3.63) is 473 Å². The quantitative estimate of drug-likeness (QED) is 0.113. The molecule has 0 spiro atoms. The fraction of sp³-hybridized carbons (Fsp3) is 0.00855. The maximum absolute atomic E-state index is 13.6. The molecular weight excluding hydrogens is 1460 g/mol. The molecule has 0 atom stereocenters. The maximum Gasteiger partial charge on any atom is 0.416 e. The van der Waals surface area contributed by atoms with Gasteiger partial charge in [-0.3, -0.25) is 0 Å². The van der Waals surface area contributed by atoms with Crippen LogP contribution in [0.15, 0.2) is 467 Å². The van der Waals surface area contributed by atoms with Crippen LogP contribution >= 0.6 is 0 Å². The average Bonchev–Trinajstić information content (AvgIpc) is 0.745. The average molecular weight is 1540 g/mol. The summed E-state index contributed by atoms with van der Waals surface area (Å²) in [5.41, 5.74) is 25.2. The molecule has 22 rings (SSSR count). The van der Waals surface area contributed by atoms with Crippen molar-refractivity contribution in [2.45, 2.75) is 6.18 Å². The number of benzene rings is 22. The fourth-order valence-electron chi connectivity index (χ4n) is 18.1. The molecule has 0 fully saturated rings. The van der Waals surface area contributed by atoms with Crippen LogP contribution in [-0.4, -0.2) is 0 Å². The summed E-state index contributed by atoms with van der Waals surface area (Å²) in [6.45, 7) is 0. The zero-order chi connectivity index (χ0) is 80.5. The number of hydrogen-bond acceptors (Lipinski definition) is 0. The van der Waals surface area contributed by atoms with Crippen LogP contribution < -0.4 is 0 Å². The van der Waals surface area contributed by atoms with E-state index in [0.717, 1.165) is 55.4 Å². The van der Waals surface area contributed by atoms with Gasteiger partial charge in [-0.05, 0) is 239 Å². The lowest BCUT2D eigenvalue weighted by Crippen LogP contribution is -2.04. The Morgan fingerprint density at radius 2 is 0.383 bits per heavy atom. The highest BCUT2D eigenvalue weighted by atomic mass is 19.4. The number of hydrogen-bond donors (Lipinski definition) is 0. The molecule has 0 aliphatic rings. The predicted octanol–water partition coefficient (Wildman–Crippen LogP) is 33.6. The second-order valence-electron chi connectivity index (χ2n) is 30.7. The Morgan fingerprint density at radius 1 is 0.125 bits per heavy atom. The minimum Gasteiger partial charge on any atom is -0.166 e. The monoisotopic (exact) mass is 1540 g/mol. The second kappa shape index (κ2) is 32.1. The molecule has 0 unspecified atom stereocenters. The van der Waals surface area contributed by atoms with Crippen LogP contribution in [0.3, 0.4) is 0 Å². The molecule has 22 aromatic rings. The van der Waals surface area contributed by atoms with Gasteiger partial charge in [-0.25, -0.2) is 0 Å². The smallest absolute Gasteiger partial charge is 0.166 e. The van der Waals surface area contributed by atoms with Crippen molar-refractivity contribution >= 4 is 86.2 Å². The van der Waals surface area contributed by atoms with Crippen molar-refractivity contribution in [3.63, 3.8) is 0 Å². The highest BCUT2D eigenvalue weighted by molar-refractivity contribution is 6.25. The Labute approximate surface area is 696 Å². The first-order chi connectivity index (χ1) is 59.2. The van der Waals surface area contributed by atoms with Gasteiger partial charge in [0, 0.05) is 0 Å². The third kappa shape index (κ3) is 14.1. The predicted molar refractivity (Wildman–Crippen MR) is 504 cm³/mol. The Kier molecular flexibility index (Phi) is 19.7. The van der Waals surface area contributed by atoms with Gasteiger partial charge in [-0.2, -0.15) is 13.2 Å². The summed E-state index contributed by atoms with van der Waals surface area (Å²) >= 11 is 0. The minimum atomic E-state index is -4.40. The molecule has 3 heteroatoms. The van der Waals surface area contributed by atoms with Crippen molar-refractivity contribution in [2.75, 3.05) is 0 Å². The third-order valence-electron chi connectivity index (χ3n) is 23.6. The molecule has 0 heterocycles. The van der Waals surface area contributed by atoms with Gasteiger partial charge in [-0.1, -0.05) is 437 Å². The summed E-state index contributed by atoms with van der Waals surface area (Å²) in [5, 5.41) is 19.1. The van der Waals surface area contributed by atoms with Crippen molar-refractivity contribution in [3.8, 4) is 122 Å². The molecular formula is C117H77F3. The molecule has 22 aromatic carbocycles. The number of alkyl halides is 3. The molecule has 0 aromatic heterocycles. The molecule has 0 bridgehead atoms. The summed E-state index contributed by atoms with van der Waals surface area (Å²) in [5.74, 6) is 0. The molecule has 0 saturated carbocycles. The molecule has 566 valence electrons. The first-order valence-corrected chi connectivity index (χ1v) is 40.8. The SMILES string of the molecule is FC(F)(F)c1cccc(-c2c3ccccc3c(-c3ccc(-c4ccccc4)cc3)c3ccccc23)c1.c1ccc(-c2ccc(-c3c4ccccc4c(-c4cccc(-c5cccc6ccccc56)c4)c4ccccc34)cc2)cc1.c1ccc(-c2ccccc2-c2c3ccccc3c(-c3cccc(-c4ccc5ccccc5c4)c3)c3ccccc23)cc1. The molecule has 120 heavy (non-hydrogen) atoms. The van der Waals surface area contributed by atoms with Crippen LogP contribution in [0.1, 0.15) is 5.56 Å². The van der Waals surface area contributed by atoms with E-state index in [0.29, 0.717) is 5.56 Å². The van der Waals surface area contributed by atoms with Crippen molar-refractivity contribution in [2.24, 2.45) is 0 Å². The van der Waals surface area contributed by atoms with Gasteiger partial charge in [0.15, 0.2) is 0 Å². The first-order valence-electron chi connectivity index (χ1n) is 40.8. The number of rotatable bonds is 11. The minimum absolute atomic E-state index is 0.559. The topological polar surface area (TPSA) is 0 Å². The summed E-state index contributed by atoms with van der Waals surface area (Å²) in [6, 6.07) is 164. The van der Waals surface area contributed by atoms with Crippen LogP contribution in [0.25, 0.3) is 209 Å². The van der Waals surface area contributed by atoms with Gasteiger partial charge in [0.05, 0.1) is 5.56 Å². The zero-order valence-corrected chi connectivity index (χ0v) is 65.6. The van der Waals surface area contributed by atoms with E-state index in [1.54, 1.807) is 6.07 Å². The molecule has 0 N–H and O–H groups in total. The Morgan fingerprint density at radius 3 is 0.825 bits per heavy atom. The van der Waals surface area contributed by atoms with Crippen molar-refractivity contribution in [1.82, 2.24) is 0 Å². The van der Waals surface area contributed by atoms with E-state index in [1.807, 2.05) is 54.6 Å². The van der Waals surface area contributed by atoms with Crippen LogP contribution in [-0.2, 0) is 6.18 Å². The van der Waals surface area contributed by atoms with E-state index in [9.17, 15) is 13.2 Å². The van der Waals surface area contributed by atoms with Gasteiger partial charge >= 0.3 is 6.18 Å². The fourth-order valence-corrected chi connectivity index (χ4v) is 18.1. The van der Waals surface area contributed by atoms with E-state index in [-0.39, 0.29) is 0 Å². The third-order valence-corrected chi connectivity index (χ3v) is 23.6. The Hall–Kier alpha value is -15.3. The van der Waals surface area contributed by atoms with E-state index in [2.05, 4.69) is 388 Å². The lowest BCUT2D eigenvalue weighted by Gasteiger charge is -2.20. The van der Waals surface area contributed by atoms with Gasteiger partial charge in [0.2, 0.25) is 0 Å². The number of halogens is 3. The van der Waals surface area contributed by atoms with Gasteiger partial charge < -0.3 is 0 Å². The highest BCUT2D eigenvalue weighted by Gasteiger charge is 2.31. The molecule has 0 aliphatic carbocycles. The molecule has 0 nitrogen and oxygen atoms in total. The van der Waals surface area contributed by atoms with Gasteiger partial charge in [0.25, 0.3) is 0 Å². The van der Waals surface area contributed by atoms with E-state index in [1.165, 1.54) is 166 Å². The summed E-state index contributed by atoms with van der Waals surface area (Å²) < 4.78 is 40.7. The largest absolute Gasteiger partial charge is 0.416 e. The van der Waals surface area contributed by atoms with E-state index < -0.39 is 11.7 Å². The van der Waals surface area contributed by atoms with Crippen LogP contribution in [0.5, 0.6) is 0 Å². The maximum atomic E-state index is 13.6. The summed E-state index contributed by atoms with van der Waals surface area (Å²) in [4.78, 5) is 0. The Balaban J connectivity index is 0.000000115. The molecule has 0 aliphatic heterocycles. The molecule has 0 amide bonds. The number of fused-ring (bicyclic) bond motifs is 8. The van der Waals surface area contributed by atoms with E-state index in [4.69, 9.17) is 0 Å². The molecule has 0 saturated heterocycles. The molecule has 0 radical (unpaired) electrons. The van der Waals surface area contributed by atoms with Crippen LogP contribution in [0, 0.1) is 0 Å². The first kappa shape index (κ1) is 73.6. The zero-order valence-electron chi connectivity index (χ0n) is 65.6. The van der Waals surface area contributed by atoms with Gasteiger partial charge in [0.1, 0.15) is 0 Å². The highest BCUT2D eigenvalue weighted by Crippen LogP contribution is 2.50. The lowest BCUT2D eigenvalue weighted by molar-refractivity contribution is -0.137. The summed E-state index contributed by atoms with van der Waals surface area (Å²) in [6.07, 6.45) is -4.40. The Bertz CT molecular complexity index is 7420. The summed E-state index contributed by atoms with van der Waals surface area (Å²) in [7, 11) is 0.